The summed E-state index contributed by atoms with van der Waals surface area (Å²) >= 11 is 0. The molecule has 2 aromatic carbocycles. The molecule has 2 aromatic rings. The Morgan fingerprint density at radius 2 is 1.64 bits per heavy atom. The fourth-order valence-electron chi connectivity index (χ4n) is 3.37. The molecule has 1 heterocycles. The molecule has 0 spiro atoms. The molecule has 1 amide bonds. The van der Waals surface area contributed by atoms with Crippen LogP contribution in [0.5, 0.6) is 11.5 Å². The number of piperidine rings is 1. The maximum atomic E-state index is 12.7. The van der Waals surface area contributed by atoms with Crippen LogP contribution in [0.2, 0.25) is 0 Å². The van der Waals surface area contributed by atoms with Gasteiger partial charge in [0.2, 0.25) is 5.91 Å². The molecule has 0 atom stereocenters. The third kappa shape index (κ3) is 4.80. The van der Waals surface area contributed by atoms with Crippen molar-refractivity contribution >= 4 is 17.8 Å². The molecular formula is C23H25NO4. The van der Waals surface area contributed by atoms with Crippen LogP contribution in [0, 0.1) is 5.92 Å². The number of rotatable bonds is 6. The summed E-state index contributed by atoms with van der Waals surface area (Å²) < 4.78 is 10.3. The number of ketones is 1. The maximum Gasteiger partial charge on any atom is 0.246 e. The van der Waals surface area contributed by atoms with Crippen molar-refractivity contribution in [2.75, 3.05) is 27.3 Å². The summed E-state index contributed by atoms with van der Waals surface area (Å²) in [6.07, 6.45) is 4.74. The van der Waals surface area contributed by atoms with Gasteiger partial charge in [0.25, 0.3) is 0 Å². The van der Waals surface area contributed by atoms with Crippen molar-refractivity contribution in [2.24, 2.45) is 5.92 Å². The molecule has 5 nitrogen and oxygen atoms in total. The van der Waals surface area contributed by atoms with Gasteiger partial charge in [-0.2, -0.15) is 0 Å². The standard InChI is InChI=1S/C23H25NO4/c1-27-20-9-7-18(8-10-20)23(26)19-12-14-24(15-13-19)22(25)11-6-17-4-3-5-21(16-17)28-2/h3-11,16,19H,12-15H2,1-2H3. The van der Waals surface area contributed by atoms with E-state index in [0.29, 0.717) is 31.5 Å². The van der Waals surface area contributed by atoms with E-state index in [9.17, 15) is 9.59 Å². The van der Waals surface area contributed by atoms with E-state index in [4.69, 9.17) is 9.47 Å². The Balaban J connectivity index is 1.54. The predicted molar refractivity (Wildman–Crippen MR) is 109 cm³/mol. The zero-order chi connectivity index (χ0) is 19.9. The lowest BCUT2D eigenvalue weighted by atomic mass is 9.89. The molecule has 0 aromatic heterocycles. The van der Waals surface area contributed by atoms with Crippen molar-refractivity contribution in [1.82, 2.24) is 4.90 Å². The zero-order valence-corrected chi connectivity index (χ0v) is 16.3. The van der Waals surface area contributed by atoms with Gasteiger partial charge >= 0.3 is 0 Å². The van der Waals surface area contributed by atoms with E-state index in [1.165, 1.54) is 0 Å². The Morgan fingerprint density at radius 1 is 0.964 bits per heavy atom. The van der Waals surface area contributed by atoms with Gasteiger partial charge in [0.1, 0.15) is 11.5 Å². The highest BCUT2D eigenvalue weighted by molar-refractivity contribution is 5.98. The van der Waals surface area contributed by atoms with Gasteiger partial charge in [0.15, 0.2) is 5.78 Å². The largest absolute Gasteiger partial charge is 0.497 e. The average molecular weight is 379 g/mol. The highest BCUT2D eigenvalue weighted by atomic mass is 16.5. The van der Waals surface area contributed by atoms with Gasteiger partial charge in [0.05, 0.1) is 14.2 Å². The minimum atomic E-state index is -0.0418. The molecule has 1 fully saturated rings. The van der Waals surface area contributed by atoms with Gasteiger partial charge in [0, 0.05) is 30.6 Å². The van der Waals surface area contributed by atoms with Crippen molar-refractivity contribution < 1.29 is 19.1 Å². The number of Topliss-reactive ketones (excluding diaryl/α,β-unsaturated/α-hetero) is 1. The first-order chi connectivity index (χ1) is 13.6. The molecule has 0 bridgehead atoms. The highest BCUT2D eigenvalue weighted by Crippen LogP contribution is 2.23. The lowest BCUT2D eigenvalue weighted by Crippen LogP contribution is -2.39. The van der Waals surface area contributed by atoms with E-state index in [2.05, 4.69) is 0 Å². The number of methoxy groups -OCH3 is 2. The fraction of sp³-hybridized carbons (Fsp3) is 0.304. The minimum absolute atomic E-state index is 0.0295. The second kappa shape index (κ2) is 9.22. The smallest absolute Gasteiger partial charge is 0.246 e. The van der Waals surface area contributed by atoms with Crippen molar-refractivity contribution in [3.05, 3.63) is 65.7 Å². The SMILES string of the molecule is COc1ccc(C(=O)C2CCN(C(=O)C=Cc3cccc(OC)c3)CC2)cc1. The lowest BCUT2D eigenvalue weighted by Gasteiger charge is -2.30. The van der Waals surface area contributed by atoms with Crippen molar-refractivity contribution in [3.8, 4) is 11.5 Å². The molecule has 0 N–H and O–H groups in total. The molecule has 1 saturated heterocycles. The number of amides is 1. The molecule has 3 rings (SSSR count). The number of carbonyl (C=O) groups excluding carboxylic acids is 2. The number of nitrogens with zero attached hydrogens (tertiary/aromatic N) is 1. The Hall–Kier alpha value is -3.08. The molecule has 5 heteroatoms. The van der Waals surface area contributed by atoms with Crippen LogP contribution in [-0.4, -0.2) is 43.9 Å². The van der Waals surface area contributed by atoms with Crippen LogP contribution in [0.25, 0.3) is 6.08 Å². The number of hydrogen-bond donors (Lipinski definition) is 0. The van der Waals surface area contributed by atoms with Gasteiger partial charge in [-0.05, 0) is 60.9 Å². The van der Waals surface area contributed by atoms with Crippen LogP contribution in [0.1, 0.15) is 28.8 Å². The normalized spacial score (nSPS) is 14.9. The molecule has 1 aliphatic heterocycles. The average Bonchev–Trinajstić information content (AvgIpc) is 2.77. The highest BCUT2D eigenvalue weighted by Gasteiger charge is 2.27. The first-order valence-corrected chi connectivity index (χ1v) is 9.40. The van der Waals surface area contributed by atoms with Gasteiger partial charge in [-0.3, -0.25) is 9.59 Å². The van der Waals surface area contributed by atoms with Crippen LogP contribution in [0.4, 0.5) is 0 Å². The van der Waals surface area contributed by atoms with Gasteiger partial charge in [-0.15, -0.1) is 0 Å². The van der Waals surface area contributed by atoms with E-state index in [1.807, 2.05) is 24.3 Å². The quantitative estimate of drug-likeness (QED) is 0.565. The molecule has 1 aliphatic rings. The lowest BCUT2D eigenvalue weighted by molar-refractivity contribution is -0.127. The van der Waals surface area contributed by atoms with Crippen LogP contribution in [0.15, 0.2) is 54.6 Å². The number of carbonyl (C=O) groups is 2. The summed E-state index contributed by atoms with van der Waals surface area (Å²) in [4.78, 5) is 26.9. The fourth-order valence-corrected chi connectivity index (χ4v) is 3.37. The zero-order valence-electron chi connectivity index (χ0n) is 16.3. The summed E-state index contributed by atoms with van der Waals surface area (Å²) in [5.41, 5.74) is 1.61. The number of ether oxygens (including phenoxy) is 2. The molecule has 0 unspecified atom stereocenters. The van der Waals surface area contributed by atoms with Crippen molar-refractivity contribution in [3.63, 3.8) is 0 Å². The van der Waals surface area contributed by atoms with Crippen LogP contribution >= 0.6 is 0 Å². The molecule has 0 saturated carbocycles. The molecule has 146 valence electrons. The van der Waals surface area contributed by atoms with E-state index in [1.54, 1.807) is 55.5 Å². The summed E-state index contributed by atoms with van der Waals surface area (Å²) in [7, 11) is 3.22. The van der Waals surface area contributed by atoms with Gasteiger partial charge in [-0.25, -0.2) is 0 Å². The minimum Gasteiger partial charge on any atom is -0.497 e. The Labute approximate surface area is 165 Å². The third-order valence-electron chi connectivity index (χ3n) is 5.06. The summed E-state index contributed by atoms with van der Waals surface area (Å²) in [5, 5.41) is 0. The summed E-state index contributed by atoms with van der Waals surface area (Å²) in [6, 6.07) is 14.8. The van der Waals surface area contributed by atoms with Crippen LogP contribution in [-0.2, 0) is 4.79 Å². The monoisotopic (exact) mass is 379 g/mol. The predicted octanol–water partition coefficient (Wildman–Crippen LogP) is 3.84. The maximum absolute atomic E-state index is 12.7. The number of likely N-dealkylation sites (tertiary alicyclic amines) is 1. The second-order valence-corrected chi connectivity index (χ2v) is 6.80. The van der Waals surface area contributed by atoms with Crippen LogP contribution in [0.3, 0.4) is 0 Å². The van der Waals surface area contributed by atoms with Gasteiger partial charge < -0.3 is 14.4 Å². The molecule has 0 radical (unpaired) electrons. The van der Waals surface area contributed by atoms with E-state index in [-0.39, 0.29) is 17.6 Å². The number of benzene rings is 2. The molecule has 0 aliphatic carbocycles. The van der Waals surface area contributed by atoms with Crippen molar-refractivity contribution in [1.29, 1.82) is 0 Å². The molecular weight excluding hydrogens is 354 g/mol. The van der Waals surface area contributed by atoms with E-state index < -0.39 is 0 Å². The summed E-state index contributed by atoms with van der Waals surface area (Å²) in [5.74, 6) is 1.56. The first kappa shape index (κ1) is 19.7. The third-order valence-corrected chi connectivity index (χ3v) is 5.06. The first-order valence-electron chi connectivity index (χ1n) is 9.40. The van der Waals surface area contributed by atoms with E-state index >= 15 is 0 Å². The Morgan fingerprint density at radius 3 is 2.29 bits per heavy atom. The Kier molecular flexibility index (Phi) is 6.48. The number of hydrogen-bond acceptors (Lipinski definition) is 4. The summed E-state index contributed by atoms with van der Waals surface area (Å²) in [6.45, 7) is 1.18. The van der Waals surface area contributed by atoms with E-state index in [0.717, 1.165) is 17.1 Å². The van der Waals surface area contributed by atoms with Crippen molar-refractivity contribution in [2.45, 2.75) is 12.8 Å². The topological polar surface area (TPSA) is 55.8 Å². The molecule has 28 heavy (non-hydrogen) atoms. The van der Waals surface area contributed by atoms with Crippen LogP contribution < -0.4 is 9.47 Å². The van der Waals surface area contributed by atoms with Gasteiger partial charge in [-0.1, -0.05) is 12.1 Å². The second-order valence-electron chi connectivity index (χ2n) is 6.80. The Bertz CT molecular complexity index is 849.